The van der Waals surface area contributed by atoms with Crippen LogP contribution in [0.3, 0.4) is 0 Å². The molecule has 0 aliphatic carbocycles. The van der Waals surface area contributed by atoms with E-state index >= 15 is 0 Å². The lowest BCUT2D eigenvalue weighted by Gasteiger charge is -2.12. The van der Waals surface area contributed by atoms with Gasteiger partial charge in [-0.05, 0) is 54.6 Å². The number of aryl methyl sites for hydroxylation is 2. The molecule has 0 bridgehead atoms. The van der Waals surface area contributed by atoms with Crippen molar-refractivity contribution in [3.05, 3.63) is 28.8 Å². The highest BCUT2D eigenvalue weighted by molar-refractivity contribution is 7.79. The van der Waals surface area contributed by atoms with Gasteiger partial charge in [-0.2, -0.15) is 0 Å². The highest BCUT2D eigenvalue weighted by Gasteiger charge is 2.01. The molecular formula is C9H11O2S-. The fraction of sp³-hybridized carbons (Fsp3) is 0.333. The second-order valence-electron chi connectivity index (χ2n) is 2.94. The second-order valence-corrected chi connectivity index (χ2v) is 3.85. The van der Waals surface area contributed by atoms with E-state index in [1.807, 2.05) is 26.8 Å². The normalized spacial score (nSPS) is 13.0. The molecule has 0 fully saturated rings. The van der Waals surface area contributed by atoms with Crippen LogP contribution in [-0.4, -0.2) is 8.76 Å². The smallest absolute Gasteiger partial charge is 0.0283 e. The molecule has 0 aromatic heterocycles. The summed E-state index contributed by atoms with van der Waals surface area (Å²) in [6, 6.07) is 3.66. The third-order valence-electron chi connectivity index (χ3n) is 1.94. The summed E-state index contributed by atoms with van der Waals surface area (Å²) in [5, 5.41) is 0. The van der Waals surface area contributed by atoms with Crippen molar-refractivity contribution in [2.45, 2.75) is 25.7 Å². The van der Waals surface area contributed by atoms with E-state index in [2.05, 4.69) is 0 Å². The van der Waals surface area contributed by atoms with Gasteiger partial charge in [0.2, 0.25) is 0 Å². The van der Waals surface area contributed by atoms with Crippen LogP contribution in [0.25, 0.3) is 0 Å². The number of rotatable bonds is 1. The highest BCUT2D eigenvalue weighted by Crippen LogP contribution is 2.18. The van der Waals surface area contributed by atoms with E-state index in [1.54, 1.807) is 6.07 Å². The van der Waals surface area contributed by atoms with Crippen molar-refractivity contribution in [3.63, 3.8) is 0 Å². The third kappa shape index (κ3) is 1.73. The van der Waals surface area contributed by atoms with E-state index in [0.29, 0.717) is 4.90 Å². The van der Waals surface area contributed by atoms with Crippen molar-refractivity contribution >= 4 is 11.1 Å². The molecular weight excluding hydrogens is 172 g/mol. The van der Waals surface area contributed by atoms with Crippen molar-refractivity contribution in [3.8, 4) is 0 Å². The Kier molecular flexibility index (Phi) is 2.65. The lowest BCUT2D eigenvalue weighted by molar-refractivity contribution is 0.536. The van der Waals surface area contributed by atoms with Gasteiger partial charge in [0.15, 0.2) is 0 Å². The maximum Gasteiger partial charge on any atom is 0.0283 e. The molecule has 1 aromatic carbocycles. The number of hydrogen-bond donors (Lipinski definition) is 0. The zero-order chi connectivity index (χ0) is 9.30. The maximum absolute atomic E-state index is 10.7. The van der Waals surface area contributed by atoms with Crippen LogP contribution in [0.15, 0.2) is 17.0 Å². The molecule has 1 atom stereocenters. The molecule has 0 spiro atoms. The maximum atomic E-state index is 10.7. The second kappa shape index (κ2) is 3.37. The lowest BCUT2D eigenvalue weighted by atomic mass is 10.1. The Labute approximate surface area is 74.9 Å². The van der Waals surface area contributed by atoms with E-state index in [0.717, 1.165) is 16.7 Å². The summed E-state index contributed by atoms with van der Waals surface area (Å²) in [7, 11) is 0. The Morgan fingerprint density at radius 3 is 2.33 bits per heavy atom. The molecule has 0 radical (unpaired) electrons. The minimum atomic E-state index is -2.11. The Morgan fingerprint density at radius 2 is 1.83 bits per heavy atom. The van der Waals surface area contributed by atoms with Crippen LogP contribution < -0.4 is 0 Å². The van der Waals surface area contributed by atoms with Crippen LogP contribution in [0.5, 0.6) is 0 Å². The lowest BCUT2D eigenvalue weighted by Crippen LogP contribution is -1.96. The van der Waals surface area contributed by atoms with Gasteiger partial charge in [0.1, 0.15) is 0 Å². The summed E-state index contributed by atoms with van der Waals surface area (Å²) >= 11 is -2.11. The van der Waals surface area contributed by atoms with Gasteiger partial charge < -0.3 is 4.55 Å². The summed E-state index contributed by atoms with van der Waals surface area (Å²) in [6.07, 6.45) is 0. The van der Waals surface area contributed by atoms with Gasteiger partial charge in [0.25, 0.3) is 0 Å². The van der Waals surface area contributed by atoms with Gasteiger partial charge in [0, 0.05) is 4.90 Å². The number of benzene rings is 1. The fourth-order valence-electron chi connectivity index (χ4n) is 1.17. The molecule has 0 saturated heterocycles. The monoisotopic (exact) mass is 183 g/mol. The van der Waals surface area contributed by atoms with Crippen LogP contribution in [0, 0.1) is 20.8 Å². The van der Waals surface area contributed by atoms with Crippen LogP contribution in [0.2, 0.25) is 0 Å². The highest BCUT2D eigenvalue weighted by atomic mass is 32.2. The van der Waals surface area contributed by atoms with Crippen molar-refractivity contribution < 1.29 is 8.76 Å². The van der Waals surface area contributed by atoms with Gasteiger partial charge in [-0.15, -0.1) is 0 Å². The Morgan fingerprint density at radius 1 is 1.25 bits per heavy atom. The molecule has 12 heavy (non-hydrogen) atoms. The Bertz CT molecular complexity index is 332. The summed E-state index contributed by atoms with van der Waals surface area (Å²) < 4.78 is 21.5. The zero-order valence-corrected chi connectivity index (χ0v) is 8.20. The first-order valence-corrected chi connectivity index (χ1v) is 4.77. The summed E-state index contributed by atoms with van der Waals surface area (Å²) in [4.78, 5) is 0.410. The van der Waals surface area contributed by atoms with Crippen LogP contribution >= 0.6 is 0 Å². The third-order valence-corrected chi connectivity index (χ3v) is 2.73. The largest absolute Gasteiger partial charge is 0.768 e. The van der Waals surface area contributed by atoms with E-state index in [9.17, 15) is 8.76 Å². The predicted molar refractivity (Wildman–Crippen MR) is 47.8 cm³/mol. The van der Waals surface area contributed by atoms with E-state index in [1.165, 1.54) is 0 Å². The SMILES string of the molecule is Cc1cc(C)c(C)c(S(=O)[O-])c1. The van der Waals surface area contributed by atoms with Crippen molar-refractivity contribution in [1.82, 2.24) is 0 Å². The van der Waals surface area contributed by atoms with Gasteiger partial charge in [-0.25, -0.2) is 0 Å². The first-order valence-electron chi connectivity index (χ1n) is 3.69. The Hall–Kier alpha value is -0.670. The fourth-order valence-corrected chi connectivity index (χ4v) is 1.87. The van der Waals surface area contributed by atoms with Crippen LogP contribution in [0.1, 0.15) is 16.7 Å². The Balaban J connectivity index is 3.37. The molecule has 0 heterocycles. The molecule has 0 aliphatic rings. The molecule has 0 aliphatic heterocycles. The summed E-state index contributed by atoms with van der Waals surface area (Å²) in [5.41, 5.74) is 2.85. The summed E-state index contributed by atoms with van der Waals surface area (Å²) in [5.74, 6) is 0. The van der Waals surface area contributed by atoms with E-state index in [-0.39, 0.29) is 0 Å². The van der Waals surface area contributed by atoms with Crippen molar-refractivity contribution in [1.29, 1.82) is 0 Å². The molecule has 1 rings (SSSR count). The van der Waals surface area contributed by atoms with Crippen LogP contribution in [-0.2, 0) is 11.1 Å². The first kappa shape index (κ1) is 9.42. The molecule has 3 heteroatoms. The summed E-state index contributed by atoms with van der Waals surface area (Å²) in [6.45, 7) is 5.63. The number of hydrogen-bond acceptors (Lipinski definition) is 2. The molecule has 66 valence electrons. The zero-order valence-electron chi connectivity index (χ0n) is 7.38. The van der Waals surface area contributed by atoms with Gasteiger partial charge in [-0.1, -0.05) is 6.07 Å². The molecule has 1 aromatic rings. The van der Waals surface area contributed by atoms with Gasteiger partial charge >= 0.3 is 0 Å². The van der Waals surface area contributed by atoms with Gasteiger partial charge in [-0.3, -0.25) is 4.21 Å². The van der Waals surface area contributed by atoms with E-state index in [4.69, 9.17) is 0 Å². The minimum absolute atomic E-state index is 0.410. The molecule has 2 nitrogen and oxygen atoms in total. The van der Waals surface area contributed by atoms with Crippen molar-refractivity contribution in [2.75, 3.05) is 0 Å². The van der Waals surface area contributed by atoms with Crippen molar-refractivity contribution in [2.24, 2.45) is 0 Å². The minimum Gasteiger partial charge on any atom is -0.768 e. The average molecular weight is 183 g/mol. The van der Waals surface area contributed by atoms with E-state index < -0.39 is 11.1 Å². The van der Waals surface area contributed by atoms with Crippen LogP contribution in [0.4, 0.5) is 0 Å². The topological polar surface area (TPSA) is 40.1 Å². The standard InChI is InChI=1S/C9H12O2S/c1-6-4-7(2)8(3)9(5-6)12(10)11/h4-5H,1-3H3,(H,10,11)/p-1. The average Bonchev–Trinajstić information content (AvgIpc) is 1.96. The first-order chi connectivity index (χ1) is 5.52. The molecule has 1 unspecified atom stereocenters. The predicted octanol–water partition coefficient (Wildman–Crippen LogP) is 1.85. The molecule has 0 amide bonds. The van der Waals surface area contributed by atoms with Gasteiger partial charge in [0.05, 0.1) is 0 Å². The molecule has 0 saturated carbocycles. The quantitative estimate of drug-likeness (QED) is 0.623. The molecule has 0 N–H and O–H groups in total.